The first-order chi connectivity index (χ1) is 8.63. The number of carbonyl (C=O) groups excluding carboxylic acids is 1. The molecule has 1 aromatic carbocycles. The second-order valence-corrected chi connectivity index (χ2v) is 4.99. The van der Waals surface area contributed by atoms with Gasteiger partial charge < -0.3 is 5.32 Å². The Morgan fingerprint density at radius 3 is 2.94 bits per heavy atom. The van der Waals surface area contributed by atoms with Gasteiger partial charge in [0.25, 0.3) is 0 Å². The average Bonchev–Trinajstić information content (AvgIpc) is 2.72. The molecule has 0 aliphatic carbocycles. The number of halogens is 1. The van der Waals surface area contributed by atoms with E-state index in [2.05, 4.69) is 15.5 Å². The first-order valence-corrected chi connectivity index (χ1v) is 6.29. The number of benzene rings is 1. The lowest BCUT2D eigenvalue weighted by atomic mass is 10.1. The fraction of sp³-hybridized carbons (Fsp3) is 0.250. The maximum atomic E-state index is 12.9. The number of anilines is 1. The molecule has 0 aliphatic heterocycles. The minimum absolute atomic E-state index is 0.143. The van der Waals surface area contributed by atoms with E-state index in [-0.39, 0.29) is 11.7 Å². The van der Waals surface area contributed by atoms with Crippen molar-refractivity contribution < 1.29 is 9.18 Å². The molecule has 1 amide bonds. The molecule has 6 heteroatoms. The molecule has 1 aromatic heterocycles. The molecule has 2 aromatic rings. The van der Waals surface area contributed by atoms with Gasteiger partial charge in [0, 0.05) is 6.42 Å². The van der Waals surface area contributed by atoms with Gasteiger partial charge >= 0.3 is 0 Å². The van der Waals surface area contributed by atoms with Crippen molar-refractivity contribution in [1.82, 2.24) is 10.2 Å². The normalized spacial score (nSPS) is 10.3. The lowest BCUT2D eigenvalue weighted by molar-refractivity contribution is -0.116. The summed E-state index contributed by atoms with van der Waals surface area (Å²) < 4.78 is 12.9. The number of aryl methyl sites for hydroxylation is 2. The minimum Gasteiger partial charge on any atom is -0.301 e. The number of amides is 1. The van der Waals surface area contributed by atoms with Crippen LogP contribution in [0.15, 0.2) is 24.3 Å². The highest BCUT2D eigenvalue weighted by Gasteiger charge is 2.06. The van der Waals surface area contributed by atoms with Gasteiger partial charge in [-0.1, -0.05) is 23.5 Å². The Bertz CT molecular complexity index is 556. The topological polar surface area (TPSA) is 54.9 Å². The summed E-state index contributed by atoms with van der Waals surface area (Å²) in [7, 11) is 0. The Balaban J connectivity index is 1.85. The summed E-state index contributed by atoms with van der Waals surface area (Å²) in [5.41, 5.74) is 0.804. The Labute approximate surface area is 108 Å². The highest BCUT2D eigenvalue weighted by Crippen LogP contribution is 2.14. The predicted molar refractivity (Wildman–Crippen MR) is 68.0 cm³/mol. The lowest BCUT2D eigenvalue weighted by Crippen LogP contribution is -2.12. The zero-order chi connectivity index (χ0) is 13.0. The van der Waals surface area contributed by atoms with Crippen molar-refractivity contribution in [3.63, 3.8) is 0 Å². The minimum atomic E-state index is -0.285. The number of carbonyl (C=O) groups is 1. The molecular formula is C12H12FN3OS. The number of hydrogen-bond donors (Lipinski definition) is 1. The van der Waals surface area contributed by atoms with E-state index in [1.807, 2.05) is 6.92 Å². The number of nitrogens with one attached hydrogen (secondary N) is 1. The number of rotatable bonds is 4. The largest absolute Gasteiger partial charge is 0.301 e. The Morgan fingerprint density at radius 1 is 1.44 bits per heavy atom. The molecule has 94 valence electrons. The maximum absolute atomic E-state index is 12.9. The summed E-state index contributed by atoms with van der Waals surface area (Å²) in [6, 6.07) is 6.25. The molecule has 0 radical (unpaired) electrons. The van der Waals surface area contributed by atoms with Crippen molar-refractivity contribution in [1.29, 1.82) is 0 Å². The van der Waals surface area contributed by atoms with Crippen LogP contribution in [0.2, 0.25) is 0 Å². The third-order valence-electron chi connectivity index (χ3n) is 2.30. The summed E-state index contributed by atoms with van der Waals surface area (Å²) in [4.78, 5) is 11.6. The Hall–Kier alpha value is -1.82. The molecule has 4 nitrogen and oxygen atoms in total. The van der Waals surface area contributed by atoms with Gasteiger partial charge in [0.15, 0.2) is 0 Å². The Morgan fingerprint density at radius 2 is 2.28 bits per heavy atom. The van der Waals surface area contributed by atoms with Crippen molar-refractivity contribution in [3.05, 3.63) is 40.7 Å². The van der Waals surface area contributed by atoms with Crippen LogP contribution in [0, 0.1) is 12.7 Å². The summed E-state index contributed by atoms with van der Waals surface area (Å²) in [5.74, 6) is -0.428. The van der Waals surface area contributed by atoms with Crippen molar-refractivity contribution >= 4 is 22.4 Å². The second kappa shape index (κ2) is 5.68. The predicted octanol–water partition coefficient (Wildman–Crippen LogP) is 2.56. The van der Waals surface area contributed by atoms with Crippen LogP contribution in [-0.4, -0.2) is 16.1 Å². The van der Waals surface area contributed by atoms with Crippen molar-refractivity contribution in [3.8, 4) is 0 Å². The summed E-state index contributed by atoms with van der Waals surface area (Å²) in [6.45, 7) is 1.82. The number of nitrogens with zero attached hydrogens (tertiary/aromatic N) is 2. The van der Waals surface area contributed by atoms with Gasteiger partial charge in [0.05, 0.1) is 0 Å². The van der Waals surface area contributed by atoms with E-state index in [0.29, 0.717) is 18.0 Å². The van der Waals surface area contributed by atoms with Gasteiger partial charge in [-0.2, -0.15) is 0 Å². The Kier molecular flexibility index (Phi) is 3.99. The van der Waals surface area contributed by atoms with Gasteiger partial charge in [0.1, 0.15) is 10.8 Å². The monoisotopic (exact) mass is 265 g/mol. The van der Waals surface area contributed by atoms with Gasteiger partial charge in [-0.15, -0.1) is 10.2 Å². The highest BCUT2D eigenvalue weighted by molar-refractivity contribution is 7.15. The van der Waals surface area contributed by atoms with E-state index >= 15 is 0 Å². The van der Waals surface area contributed by atoms with Crippen molar-refractivity contribution in [2.75, 3.05) is 5.32 Å². The van der Waals surface area contributed by atoms with Gasteiger partial charge in [-0.25, -0.2) is 4.39 Å². The molecule has 0 bridgehead atoms. The molecule has 0 atom stereocenters. The quantitative estimate of drug-likeness (QED) is 0.924. The molecule has 2 rings (SSSR count). The maximum Gasteiger partial charge on any atom is 0.226 e. The van der Waals surface area contributed by atoms with Gasteiger partial charge in [-0.3, -0.25) is 4.79 Å². The molecule has 0 spiro atoms. The fourth-order valence-corrected chi connectivity index (χ4v) is 2.09. The molecule has 1 N–H and O–H groups in total. The van der Waals surface area contributed by atoms with E-state index in [1.54, 1.807) is 12.1 Å². The molecule has 0 saturated heterocycles. The molecule has 18 heavy (non-hydrogen) atoms. The lowest BCUT2D eigenvalue weighted by Gasteiger charge is -2.01. The number of hydrogen-bond acceptors (Lipinski definition) is 4. The van der Waals surface area contributed by atoms with Crippen LogP contribution in [0.3, 0.4) is 0 Å². The molecule has 0 fully saturated rings. The van der Waals surface area contributed by atoms with E-state index < -0.39 is 0 Å². The van der Waals surface area contributed by atoms with E-state index in [0.717, 1.165) is 10.6 Å². The fourth-order valence-electron chi connectivity index (χ4n) is 1.48. The number of aromatic nitrogens is 2. The average molecular weight is 265 g/mol. The smallest absolute Gasteiger partial charge is 0.226 e. The zero-order valence-corrected chi connectivity index (χ0v) is 10.6. The third-order valence-corrected chi connectivity index (χ3v) is 3.06. The van der Waals surface area contributed by atoms with Crippen LogP contribution in [0.5, 0.6) is 0 Å². The van der Waals surface area contributed by atoms with Gasteiger partial charge in [-0.05, 0) is 31.0 Å². The van der Waals surface area contributed by atoms with Crippen LogP contribution >= 0.6 is 11.3 Å². The van der Waals surface area contributed by atoms with E-state index in [4.69, 9.17) is 0 Å². The zero-order valence-electron chi connectivity index (χ0n) is 9.81. The van der Waals surface area contributed by atoms with Crippen molar-refractivity contribution in [2.45, 2.75) is 19.8 Å². The van der Waals surface area contributed by atoms with E-state index in [1.165, 1.54) is 23.5 Å². The molecule has 1 heterocycles. The van der Waals surface area contributed by atoms with Crippen LogP contribution in [0.4, 0.5) is 9.52 Å². The highest BCUT2D eigenvalue weighted by atomic mass is 32.1. The third kappa shape index (κ3) is 3.59. The molecule has 0 unspecified atom stereocenters. The van der Waals surface area contributed by atoms with Gasteiger partial charge in [0.2, 0.25) is 11.0 Å². The summed E-state index contributed by atoms with van der Waals surface area (Å²) >= 11 is 1.33. The van der Waals surface area contributed by atoms with Crippen LogP contribution < -0.4 is 5.32 Å². The van der Waals surface area contributed by atoms with Crippen LogP contribution in [0.1, 0.15) is 17.0 Å². The van der Waals surface area contributed by atoms with E-state index in [9.17, 15) is 9.18 Å². The first kappa shape index (κ1) is 12.6. The standard InChI is InChI=1S/C12H12FN3OS/c1-8-15-16-12(18-8)14-11(17)6-5-9-3-2-4-10(13)7-9/h2-4,7H,5-6H2,1H3,(H,14,16,17). The molecule has 0 aliphatic rings. The van der Waals surface area contributed by atoms with Crippen molar-refractivity contribution in [2.24, 2.45) is 0 Å². The first-order valence-electron chi connectivity index (χ1n) is 5.48. The second-order valence-electron chi connectivity index (χ2n) is 3.80. The van der Waals surface area contributed by atoms with Crippen LogP contribution in [-0.2, 0) is 11.2 Å². The summed E-state index contributed by atoms with van der Waals surface area (Å²) in [5, 5.41) is 11.6. The SMILES string of the molecule is Cc1nnc(NC(=O)CCc2cccc(F)c2)s1. The van der Waals surface area contributed by atoms with Crippen LogP contribution in [0.25, 0.3) is 0 Å². The molecule has 0 saturated carbocycles. The summed E-state index contributed by atoms with van der Waals surface area (Å²) in [6.07, 6.45) is 0.795. The molecular weight excluding hydrogens is 253 g/mol.